The molecule has 0 amide bonds. The van der Waals surface area contributed by atoms with Gasteiger partial charge in [-0.15, -0.1) is 0 Å². The summed E-state index contributed by atoms with van der Waals surface area (Å²) in [5, 5.41) is 27.1. The average molecular weight is 467 g/mol. The smallest absolute Gasteiger partial charge is 0.227 e. The average Bonchev–Trinajstić information content (AvgIpc) is 3.21. The number of nitrogens with zero attached hydrogens (tertiary/aromatic N) is 4. The minimum absolute atomic E-state index is 0.0325. The van der Waals surface area contributed by atoms with E-state index in [0.717, 1.165) is 5.56 Å². The molecule has 172 valence electrons. The third-order valence-corrected chi connectivity index (χ3v) is 5.82. The van der Waals surface area contributed by atoms with E-state index >= 15 is 0 Å². The molecule has 0 aliphatic rings. The van der Waals surface area contributed by atoms with Gasteiger partial charge >= 0.3 is 0 Å². The standard InChI is InChI=1S/C24H27ClN6O2/c1-3-19(15(2)32)28-24-29-22(26-12-17-10-7-11-18(25)21(17)33)20-23(30-24)31(14-27-20)13-16-8-5-4-6-9-16/h4-11,14-15,19,32-33H,3,12-13H2,1-2H3,(H2,26,28,29,30). The van der Waals surface area contributed by atoms with Crippen molar-refractivity contribution >= 4 is 34.5 Å². The second-order valence-electron chi connectivity index (χ2n) is 7.93. The molecule has 0 spiro atoms. The van der Waals surface area contributed by atoms with Crippen LogP contribution in [0.25, 0.3) is 11.2 Å². The van der Waals surface area contributed by atoms with Gasteiger partial charge in [-0.25, -0.2) is 4.98 Å². The van der Waals surface area contributed by atoms with Crippen LogP contribution in [0, 0.1) is 0 Å². The van der Waals surface area contributed by atoms with Crippen LogP contribution < -0.4 is 10.6 Å². The van der Waals surface area contributed by atoms with Crippen LogP contribution in [-0.4, -0.2) is 41.9 Å². The van der Waals surface area contributed by atoms with Crippen molar-refractivity contribution in [2.24, 2.45) is 0 Å². The molecule has 4 aromatic rings. The molecule has 0 aliphatic carbocycles. The molecule has 2 atom stereocenters. The van der Waals surface area contributed by atoms with Crippen LogP contribution in [-0.2, 0) is 13.1 Å². The Balaban J connectivity index is 1.71. The number of anilines is 2. The van der Waals surface area contributed by atoms with Crippen molar-refractivity contribution in [2.45, 2.75) is 45.5 Å². The van der Waals surface area contributed by atoms with Crippen LogP contribution in [0.4, 0.5) is 11.8 Å². The van der Waals surface area contributed by atoms with E-state index in [2.05, 4.69) is 20.6 Å². The lowest BCUT2D eigenvalue weighted by Crippen LogP contribution is -2.31. The molecule has 33 heavy (non-hydrogen) atoms. The van der Waals surface area contributed by atoms with Gasteiger partial charge in [0.25, 0.3) is 0 Å². The number of phenols is 1. The van der Waals surface area contributed by atoms with Crippen molar-refractivity contribution in [3.63, 3.8) is 0 Å². The summed E-state index contributed by atoms with van der Waals surface area (Å²) in [5.41, 5.74) is 3.04. The number of hydrogen-bond donors (Lipinski definition) is 4. The zero-order valence-electron chi connectivity index (χ0n) is 18.5. The van der Waals surface area contributed by atoms with Crippen LogP contribution in [0.5, 0.6) is 5.75 Å². The quantitative estimate of drug-likeness (QED) is 0.289. The molecule has 0 saturated heterocycles. The van der Waals surface area contributed by atoms with Crippen molar-refractivity contribution < 1.29 is 10.2 Å². The highest BCUT2D eigenvalue weighted by Gasteiger charge is 2.18. The molecule has 8 nitrogen and oxygen atoms in total. The van der Waals surface area contributed by atoms with Gasteiger partial charge in [-0.3, -0.25) is 0 Å². The van der Waals surface area contributed by atoms with Gasteiger partial charge in [0, 0.05) is 12.1 Å². The van der Waals surface area contributed by atoms with Crippen molar-refractivity contribution in [1.82, 2.24) is 19.5 Å². The van der Waals surface area contributed by atoms with Gasteiger partial charge in [-0.2, -0.15) is 9.97 Å². The van der Waals surface area contributed by atoms with Crippen molar-refractivity contribution in [1.29, 1.82) is 0 Å². The monoisotopic (exact) mass is 466 g/mol. The Morgan fingerprint density at radius 3 is 2.61 bits per heavy atom. The molecule has 2 aromatic heterocycles. The largest absolute Gasteiger partial charge is 0.506 e. The summed E-state index contributed by atoms with van der Waals surface area (Å²) in [5.74, 6) is 0.946. The molecular weight excluding hydrogens is 440 g/mol. The Bertz CT molecular complexity index is 1230. The second-order valence-corrected chi connectivity index (χ2v) is 8.33. The van der Waals surface area contributed by atoms with Crippen LogP contribution in [0.15, 0.2) is 54.9 Å². The van der Waals surface area contributed by atoms with Gasteiger partial charge in [-0.05, 0) is 25.0 Å². The first-order chi connectivity index (χ1) is 16.0. The third kappa shape index (κ3) is 5.18. The number of aromatic nitrogens is 4. The molecule has 2 heterocycles. The zero-order valence-corrected chi connectivity index (χ0v) is 19.3. The molecule has 0 aliphatic heterocycles. The highest BCUT2D eigenvalue weighted by atomic mass is 35.5. The molecular formula is C24H27ClN6O2. The molecule has 0 saturated carbocycles. The van der Waals surface area contributed by atoms with Gasteiger partial charge in [-0.1, -0.05) is 61.0 Å². The molecule has 0 fully saturated rings. The number of imidazole rings is 1. The maximum Gasteiger partial charge on any atom is 0.227 e. The van der Waals surface area contributed by atoms with E-state index in [1.807, 2.05) is 41.8 Å². The van der Waals surface area contributed by atoms with Crippen molar-refractivity contribution in [2.75, 3.05) is 10.6 Å². The number of halogens is 1. The number of para-hydroxylation sites is 1. The molecule has 4 N–H and O–H groups in total. The zero-order chi connectivity index (χ0) is 23.4. The SMILES string of the molecule is CCC(Nc1nc(NCc2cccc(Cl)c2O)c2ncn(Cc3ccccc3)c2n1)C(C)O. The maximum atomic E-state index is 10.3. The summed E-state index contributed by atoms with van der Waals surface area (Å²) in [6.07, 6.45) is 1.88. The fourth-order valence-electron chi connectivity index (χ4n) is 3.64. The van der Waals surface area contributed by atoms with Crippen LogP contribution in [0.3, 0.4) is 0 Å². The number of aliphatic hydroxyl groups excluding tert-OH is 1. The minimum Gasteiger partial charge on any atom is -0.506 e. The molecule has 0 bridgehead atoms. The van der Waals surface area contributed by atoms with E-state index in [1.165, 1.54) is 0 Å². The third-order valence-electron chi connectivity index (χ3n) is 5.51. The van der Waals surface area contributed by atoms with Gasteiger partial charge in [0.1, 0.15) is 5.75 Å². The maximum absolute atomic E-state index is 10.3. The van der Waals surface area contributed by atoms with E-state index in [9.17, 15) is 10.2 Å². The number of benzene rings is 2. The van der Waals surface area contributed by atoms with E-state index in [4.69, 9.17) is 16.6 Å². The van der Waals surface area contributed by atoms with E-state index in [0.29, 0.717) is 53.0 Å². The Morgan fingerprint density at radius 2 is 1.88 bits per heavy atom. The first-order valence-electron chi connectivity index (χ1n) is 10.9. The fraction of sp³-hybridized carbons (Fsp3) is 0.292. The van der Waals surface area contributed by atoms with E-state index < -0.39 is 6.10 Å². The minimum atomic E-state index is -0.566. The first kappa shape index (κ1) is 22.8. The molecule has 0 radical (unpaired) electrons. The normalized spacial score (nSPS) is 13.1. The molecule has 9 heteroatoms. The summed E-state index contributed by atoms with van der Waals surface area (Å²) < 4.78 is 1.96. The van der Waals surface area contributed by atoms with Gasteiger partial charge < -0.3 is 25.4 Å². The van der Waals surface area contributed by atoms with Crippen LogP contribution in [0.2, 0.25) is 5.02 Å². The van der Waals surface area contributed by atoms with Gasteiger partial charge in [0.2, 0.25) is 5.95 Å². The Hall–Kier alpha value is -3.36. The lowest BCUT2D eigenvalue weighted by atomic mass is 10.1. The summed E-state index contributed by atoms with van der Waals surface area (Å²) in [4.78, 5) is 13.9. The van der Waals surface area contributed by atoms with Crippen molar-refractivity contribution in [3.05, 3.63) is 71.0 Å². The predicted octanol–water partition coefficient (Wildman–Crippen LogP) is 4.42. The number of aliphatic hydroxyl groups is 1. The second kappa shape index (κ2) is 10.1. The predicted molar refractivity (Wildman–Crippen MR) is 131 cm³/mol. The topological polar surface area (TPSA) is 108 Å². The number of aromatic hydroxyl groups is 1. The van der Waals surface area contributed by atoms with Crippen LogP contribution in [0.1, 0.15) is 31.4 Å². The highest BCUT2D eigenvalue weighted by Crippen LogP contribution is 2.29. The first-order valence-corrected chi connectivity index (χ1v) is 11.3. The highest BCUT2D eigenvalue weighted by molar-refractivity contribution is 6.32. The van der Waals surface area contributed by atoms with Gasteiger partial charge in [0.15, 0.2) is 17.0 Å². The van der Waals surface area contributed by atoms with Crippen molar-refractivity contribution in [3.8, 4) is 5.75 Å². The fourth-order valence-corrected chi connectivity index (χ4v) is 3.83. The Morgan fingerprint density at radius 1 is 1.09 bits per heavy atom. The summed E-state index contributed by atoms with van der Waals surface area (Å²) in [7, 11) is 0. The van der Waals surface area contributed by atoms with E-state index in [1.54, 1.807) is 31.5 Å². The lowest BCUT2D eigenvalue weighted by molar-refractivity contribution is 0.169. The van der Waals surface area contributed by atoms with Crippen LogP contribution >= 0.6 is 11.6 Å². The Kier molecular flexibility index (Phi) is 6.96. The molecule has 2 unspecified atom stereocenters. The number of nitrogens with one attached hydrogen (secondary N) is 2. The Labute approximate surface area is 197 Å². The molecule has 2 aromatic carbocycles. The summed E-state index contributed by atoms with van der Waals surface area (Å²) >= 11 is 6.05. The number of hydrogen-bond acceptors (Lipinski definition) is 7. The van der Waals surface area contributed by atoms with Gasteiger partial charge in [0.05, 0.1) is 30.0 Å². The number of phenolic OH excluding ortho intramolecular Hbond substituents is 1. The summed E-state index contributed by atoms with van der Waals surface area (Å²) in [6.45, 7) is 4.64. The molecule has 4 rings (SSSR count). The van der Waals surface area contributed by atoms with E-state index in [-0.39, 0.29) is 11.8 Å². The number of rotatable bonds is 9. The number of fused-ring (bicyclic) bond motifs is 1. The summed E-state index contributed by atoms with van der Waals surface area (Å²) in [6, 6.07) is 15.1. The lowest BCUT2D eigenvalue weighted by Gasteiger charge is -2.20.